The number of alkyl halides is 3. The molecule has 1 unspecified atom stereocenters. The molecule has 78 valence electrons. The van der Waals surface area contributed by atoms with E-state index in [9.17, 15) is 13.2 Å². The van der Waals surface area contributed by atoms with E-state index in [1.165, 1.54) is 18.2 Å². The number of halogens is 4. The summed E-state index contributed by atoms with van der Waals surface area (Å²) < 4.78 is 36.1. The summed E-state index contributed by atoms with van der Waals surface area (Å²) in [6, 6.07) is 2.59. The standard InChI is InChI=1S/C8H8ClF3N2/c9-7-3-1-2-5(14-7)4-6(13)8(10,11)12/h1-3,6H,4,13H2. The highest BCUT2D eigenvalue weighted by atomic mass is 35.5. The van der Waals surface area contributed by atoms with Gasteiger partial charge in [-0.05, 0) is 12.1 Å². The maximum absolute atomic E-state index is 12.0. The van der Waals surface area contributed by atoms with E-state index in [0.717, 1.165) is 0 Å². The second kappa shape index (κ2) is 4.14. The number of hydrogen-bond acceptors (Lipinski definition) is 2. The molecule has 0 aliphatic rings. The lowest BCUT2D eigenvalue weighted by Crippen LogP contribution is -2.39. The summed E-state index contributed by atoms with van der Waals surface area (Å²) in [5, 5.41) is 0.164. The van der Waals surface area contributed by atoms with Crippen LogP contribution in [0.15, 0.2) is 18.2 Å². The molecule has 1 heterocycles. The normalized spacial score (nSPS) is 14.1. The highest BCUT2D eigenvalue weighted by molar-refractivity contribution is 6.29. The number of hydrogen-bond donors (Lipinski definition) is 1. The van der Waals surface area contributed by atoms with Crippen LogP contribution in [0.5, 0.6) is 0 Å². The SMILES string of the molecule is NC(Cc1cccc(Cl)n1)C(F)(F)F. The third kappa shape index (κ3) is 3.16. The summed E-state index contributed by atoms with van der Waals surface area (Å²) in [5.74, 6) is 0. The quantitative estimate of drug-likeness (QED) is 0.782. The van der Waals surface area contributed by atoms with E-state index >= 15 is 0 Å². The van der Waals surface area contributed by atoms with Crippen LogP contribution in [-0.2, 0) is 6.42 Å². The Hall–Kier alpha value is -0.810. The van der Waals surface area contributed by atoms with Crippen LogP contribution in [0.25, 0.3) is 0 Å². The molecule has 14 heavy (non-hydrogen) atoms. The zero-order valence-corrected chi connectivity index (χ0v) is 7.81. The third-order valence-electron chi connectivity index (χ3n) is 1.62. The molecule has 2 nitrogen and oxygen atoms in total. The van der Waals surface area contributed by atoms with Gasteiger partial charge in [-0.3, -0.25) is 0 Å². The minimum Gasteiger partial charge on any atom is -0.320 e. The first-order valence-electron chi connectivity index (χ1n) is 3.83. The van der Waals surface area contributed by atoms with E-state index in [2.05, 4.69) is 4.98 Å². The second-order valence-electron chi connectivity index (χ2n) is 2.80. The predicted octanol–water partition coefficient (Wildman–Crippen LogP) is 2.17. The number of nitrogens with zero attached hydrogens (tertiary/aromatic N) is 1. The van der Waals surface area contributed by atoms with Crippen LogP contribution in [0.1, 0.15) is 5.69 Å². The zero-order valence-electron chi connectivity index (χ0n) is 7.05. The molecule has 0 bridgehead atoms. The molecule has 2 N–H and O–H groups in total. The summed E-state index contributed by atoms with van der Waals surface area (Å²) in [7, 11) is 0. The highest BCUT2D eigenvalue weighted by Gasteiger charge is 2.36. The molecule has 0 radical (unpaired) electrons. The summed E-state index contributed by atoms with van der Waals surface area (Å²) in [5.41, 5.74) is 5.16. The van der Waals surface area contributed by atoms with Crippen LogP contribution < -0.4 is 5.73 Å². The first kappa shape index (κ1) is 11.3. The summed E-state index contributed by atoms with van der Waals surface area (Å²) >= 11 is 5.51. The summed E-state index contributed by atoms with van der Waals surface area (Å²) in [6.45, 7) is 0. The van der Waals surface area contributed by atoms with E-state index in [1.54, 1.807) is 0 Å². The third-order valence-corrected chi connectivity index (χ3v) is 1.83. The molecular weight excluding hydrogens is 217 g/mol. The van der Waals surface area contributed by atoms with Crippen LogP contribution in [0.3, 0.4) is 0 Å². The van der Waals surface area contributed by atoms with Gasteiger partial charge in [0, 0.05) is 12.1 Å². The number of aromatic nitrogens is 1. The molecule has 0 aliphatic heterocycles. The lowest BCUT2D eigenvalue weighted by molar-refractivity contribution is -0.147. The molecule has 1 aromatic heterocycles. The fourth-order valence-electron chi connectivity index (χ4n) is 0.905. The first-order chi connectivity index (χ1) is 6.39. The van der Waals surface area contributed by atoms with Crippen LogP contribution in [0.4, 0.5) is 13.2 Å². The van der Waals surface area contributed by atoms with Gasteiger partial charge in [0.25, 0.3) is 0 Å². The Morgan fingerprint density at radius 3 is 2.57 bits per heavy atom. The molecule has 0 spiro atoms. The molecule has 0 saturated heterocycles. The fraction of sp³-hybridized carbons (Fsp3) is 0.375. The number of rotatable bonds is 2. The Bertz CT molecular complexity index is 314. The van der Waals surface area contributed by atoms with Gasteiger partial charge in [-0.15, -0.1) is 0 Å². The molecule has 1 rings (SSSR count). The fourth-order valence-corrected chi connectivity index (χ4v) is 1.09. The van der Waals surface area contributed by atoms with Crippen molar-refractivity contribution in [2.45, 2.75) is 18.6 Å². The van der Waals surface area contributed by atoms with Gasteiger partial charge in [-0.1, -0.05) is 17.7 Å². The lowest BCUT2D eigenvalue weighted by atomic mass is 10.1. The minimum absolute atomic E-state index is 0.164. The molecule has 1 atom stereocenters. The Labute approximate surface area is 83.9 Å². The smallest absolute Gasteiger partial charge is 0.320 e. The van der Waals surface area contributed by atoms with Gasteiger partial charge in [0.15, 0.2) is 0 Å². The average Bonchev–Trinajstić information content (AvgIpc) is 2.02. The highest BCUT2D eigenvalue weighted by Crippen LogP contribution is 2.21. The van der Waals surface area contributed by atoms with Gasteiger partial charge < -0.3 is 5.73 Å². The van der Waals surface area contributed by atoms with Crippen molar-refractivity contribution in [1.82, 2.24) is 4.98 Å². The van der Waals surface area contributed by atoms with Crippen molar-refractivity contribution >= 4 is 11.6 Å². The Balaban J connectivity index is 2.70. The zero-order chi connectivity index (χ0) is 10.8. The van der Waals surface area contributed by atoms with Crippen LogP contribution in [0.2, 0.25) is 5.15 Å². The Kier molecular flexibility index (Phi) is 3.34. The summed E-state index contributed by atoms with van der Waals surface area (Å²) in [6.07, 6.45) is -4.76. The predicted molar refractivity (Wildman–Crippen MR) is 47.0 cm³/mol. The maximum Gasteiger partial charge on any atom is 0.404 e. The van der Waals surface area contributed by atoms with Crippen molar-refractivity contribution < 1.29 is 13.2 Å². The summed E-state index contributed by atoms with van der Waals surface area (Å²) in [4.78, 5) is 3.71. The topological polar surface area (TPSA) is 38.9 Å². The molecule has 0 amide bonds. The van der Waals surface area contributed by atoms with Gasteiger partial charge in [0.1, 0.15) is 11.2 Å². The van der Waals surface area contributed by atoms with Gasteiger partial charge in [0.05, 0.1) is 0 Å². The molecule has 1 aromatic rings. The molecule has 0 fully saturated rings. The average molecular weight is 225 g/mol. The van der Waals surface area contributed by atoms with Crippen molar-refractivity contribution in [1.29, 1.82) is 0 Å². The monoisotopic (exact) mass is 224 g/mol. The van der Waals surface area contributed by atoms with Crippen LogP contribution >= 0.6 is 11.6 Å². The maximum atomic E-state index is 12.0. The van der Waals surface area contributed by atoms with Crippen molar-refractivity contribution in [3.05, 3.63) is 29.0 Å². The van der Waals surface area contributed by atoms with Crippen molar-refractivity contribution in [2.75, 3.05) is 0 Å². The minimum atomic E-state index is -4.40. The molecule has 0 saturated carbocycles. The molecule has 0 aromatic carbocycles. The lowest BCUT2D eigenvalue weighted by Gasteiger charge is -2.14. The van der Waals surface area contributed by atoms with Gasteiger partial charge in [-0.2, -0.15) is 13.2 Å². The number of nitrogens with two attached hydrogens (primary N) is 1. The van der Waals surface area contributed by atoms with E-state index in [-0.39, 0.29) is 17.3 Å². The first-order valence-corrected chi connectivity index (χ1v) is 4.21. The van der Waals surface area contributed by atoms with Crippen LogP contribution in [-0.4, -0.2) is 17.2 Å². The molecule has 0 aliphatic carbocycles. The second-order valence-corrected chi connectivity index (χ2v) is 3.19. The van der Waals surface area contributed by atoms with Crippen molar-refractivity contribution in [3.63, 3.8) is 0 Å². The number of pyridine rings is 1. The van der Waals surface area contributed by atoms with Crippen molar-refractivity contribution in [3.8, 4) is 0 Å². The largest absolute Gasteiger partial charge is 0.404 e. The van der Waals surface area contributed by atoms with E-state index in [0.29, 0.717) is 0 Å². The van der Waals surface area contributed by atoms with Gasteiger partial charge in [0.2, 0.25) is 0 Å². The van der Waals surface area contributed by atoms with E-state index in [4.69, 9.17) is 17.3 Å². The molecule has 6 heteroatoms. The van der Waals surface area contributed by atoms with Gasteiger partial charge >= 0.3 is 6.18 Å². The van der Waals surface area contributed by atoms with Gasteiger partial charge in [-0.25, -0.2) is 4.98 Å². The van der Waals surface area contributed by atoms with E-state index in [1.807, 2.05) is 0 Å². The Morgan fingerprint density at radius 2 is 2.07 bits per heavy atom. The van der Waals surface area contributed by atoms with Crippen LogP contribution in [0, 0.1) is 0 Å². The van der Waals surface area contributed by atoms with Crippen molar-refractivity contribution in [2.24, 2.45) is 5.73 Å². The van der Waals surface area contributed by atoms with E-state index < -0.39 is 12.2 Å². The molecular formula is C8H8ClF3N2. The Morgan fingerprint density at radius 1 is 1.43 bits per heavy atom.